The third-order valence-corrected chi connectivity index (χ3v) is 2.59. The van der Waals surface area contributed by atoms with E-state index < -0.39 is 5.82 Å². The molecule has 0 saturated heterocycles. The number of halogens is 1. The highest BCUT2D eigenvalue weighted by atomic mass is 19.1. The fraction of sp³-hybridized carbons (Fsp3) is 0.133. The molecule has 0 radical (unpaired) electrons. The Hall–Kier alpha value is -2.54. The fourth-order valence-electron chi connectivity index (χ4n) is 1.73. The highest BCUT2D eigenvalue weighted by Gasteiger charge is 2.04. The van der Waals surface area contributed by atoms with Gasteiger partial charge in [0.15, 0.2) is 0 Å². The molecule has 0 saturated carbocycles. The van der Waals surface area contributed by atoms with Crippen molar-refractivity contribution >= 4 is 0 Å². The van der Waals surface area contributed by atoms with Gasteiger partial charge in [0.25, 0.3) is 0 Å². The van der Waals surface area contributed by atoms with Crippen molar-refractivity contribution in [3.8, 4) is 17.6 Å². The molecule has 96 valence electrons. The molecular weight excluding hydrogens is 245 g/mol. The van der Waals surface area contributed by atoms with E-state index in [0.717, 1.165) is 5.56 Å². The summed E-state index contributed by atoms with van der Waals surface area (Å²) < 4.78 is 18.6. The number of nitrogens with zero attached hydrogens (tertiary/aromatic N) is 1. The van der Waals surface area contributed by atoms with Crippen molar-refractivity contribution in [2.24, 2.45) is 0 Å². The van der Waals surface area contributed by atoms with Crippen molar-refractivity contribution in [2.45, 2.75) is 13.5 Å². The van der Waals surface area contributed by atoms with Crippen molar-refractivity contribution in [3.63, 3.8) is 0 Å². The van der Waals surface area contributed by atoms with Crippen LogP contribution in [-0.4, -0.2) is 5.11 Å². The standard InChI is InChI=1S/C15H12FNO2/c1-10-4-13(18)7-14(5-10)19-9-11-2-3-15(16)12(6-11)8-17/h2-7,18H,9H2,1H3. The third kappa shape index (κ3) is 3.23. The summed E-state index contributed by atoms with van der Waals surface area (Å²) >= 11 is 0. The number of hydrogen-bond acceptors (Lipinski definition) is 3. The van der Waals surface area contributed by atoms with Gasteiger partial charge in [-0.15, -0.1) is 0 Å². The molecule has 0 bridgehead atoms. The zero-order chi connectivity index (χ0) is 13.8. The molecule has 0 aliphatic heterocycles. The second-order valence-electron chi connectivity index (χ2n) is 4.22. The van der Waals surface area contributed by atoms with E-state index in [4.69, 9.17) is 10.00 Å². The predicted octanol–water partition coefficient (Wildman–Crippen LogP) is 3.29. The van der Waals surface area contributed by atoms with Crippen molar-refractivity contribution in [3.05, 3.63) is 58.9 Å². The van der Waals surface area contributed by atoms with Crippen molar-refractivity contribution < 1.29 is 14.2 Å². The van der Waals surface area contributed by atoms with Crippen LogP contribution in [0, 0.1) is 24.1 Å². The van der Waals surface area contributed by atoms with Crippen molar-refractivity contribution in [2.75, 3.05) is 0 Å². The molecule has 2 aromatic carbocycles. The van der Waals surface area contributed by atoms with E-state index in [9.17, 15) is 9.50 Å². The lowest BCUT2D eigenvalue weighted by atomic mass is 10.1. The average molecular weight is 257 g/mol. The van der Waals surface area contributed by atoms with Gasteiger partial charge >= 0.3 is 0 Å². The fourth-order valence-corrected chi connectivity index (χ4v) is 1.73. The molecule has 2 rings (SSSR count). The van der Waals surface area contributed by atoms with Crippen LogP contribution in [0.4, 0.5) is 4.39 Å². The van der Waals surface area contributed by atoms with Crippen LogP contribution in [0.15, 0.2) is 36.4 Å². The van der Waals surface area contributed by atoms with Crippen LogP contribution in [-0.2, 0) is 6.61 Å². The molecule has 0 aliphatic rings. The van der Waals surface area contributed by atoms with Crippen LogP contribution < -0.4 is 4.74 Å². The van der Waals surface area contributed by atoms with Crippen LogP contribution >= 0.6 is 0 Å². The lowest BCUT2D eigenvalue weighted by Crippen LogP contribution is -1.97. The van der Waals surface area contributed by atoms with E-state index in [1.165, 1.54) is 18.2 Å². The zero-order valence-corrected chi connectivity index (χ0v) is 10.4. The third-order valence-electron chi connectivity index (χ3n) is 2.59. The maximum absolute atomic E-state index is 13.1. The maximum atomic E-state index is 13.1. The highest BCUT2D eigenvalue weighted by Crippen LogP contribution is 2.22. The van der Waals surface area contributed by atoms with Crippen LogP contribution in [0.2, 0.25) is 0 Å². The number of benzene rings is 2. The Balaban J connectivity index is 2.12. The number of phenols is 1. The van der Waals surface area contributed by atoms with Gasteiger partial charge < -0.3 is 9.84 Å². The molecule has 0 heterocycles. The van der Waals surface area contributed by atoms with E-state index in [-0.39, 0.29) is 17.9 Å². The first-order valence-corrected chi connectivity index (χ1v) is 5.70. The van der Waals surface area contributed by atoms with Gasteiger partial charge in [0, 0.05) is 6.07 Å². The Morgan fingerprint density at radius 2 is 2.05 bits per heavy atom. The Morgan fingerprint density at radius 3 is 2.74 bits per heavy atom. The molecule has 0 unspecified atom stereocenters. The molecule has 1 N–H and O–H groups in total. The minimum absolute atomic E-state index is 0.00631. The Bertz CT molecular complexity index is 627. The van der Waals surface area contributed by atoms with E-state index in [0.29, 0.717) is 11.3 Å². The van der Waals surface area contributed by atoms with Gasteiger partial charge in [-0.1, -0.05) is 6.07 Å². The zero-order valence-electron chi connectivity index (χ0n) is 10.4. The van der Waals surface area contributed by atoms with Gasteiger partial charge in [0.2, 0.25) is 0 Å². The lowest BCUT2D eigenvalue weighted by Gasteiger charge is -2.08. The number of aryl methyl sites for hydroxylation is 1. The monoisotopic (exact) mass is 257 g/mol. The SMILES string of the molecule is Cc1cc(O)cc(OCc2ccc(F)c(C#N)c2)c1. The largest absolute Gasteiger partial charge is 0.508 e. The molecule has 0 amide bonds. The molecule has 0 spiro atoms. The summed E-state index contributed by atoms with van der Waals surface area (Å²) in [5, 5.41) is 18.2. The summed E-state index contributed by atoms with van der Waals surface area (Å²) in [4.78, 5) is 0. The van der Waals surface area contributed by atoms with Crippen LogP contribution in [0.5, 0.6) is 11.5 Å². The summed E-state index contributed by atoms with van der Waals surface area (Å²) in [6.45, 7) is 2.05. The van der Waals surface area contributed by atoms with Gasteiger partial charge in [0.05, 0.1) is 5.56 Å². The molecule has 19 heavy (non-hydrogen) atoms. The first-order valence-electron chi connectivity index (χ1n) is 5.70. The second-order valence-corrected chi connectivity index (χ2v) is 4.22. The van der Waals surface area contributed by atoms with Crippen LogP contribution in [0.1, 0.15) is 16.7 Å². The Morgan fingerprint density at radius 1 is 1.26 bits per heavy atom. The smallest absolute Gasteiger partial charge is 0.140 e. The average Bonchev–Trinajstić information content (AvgIpc) is 2.36. The van der Waals surface area contributed by atoms with E-state index in [1.54, 1.807) is 24.3 Å². The molecule has 0 aromatic heterocycles. The quantitative estimate of drug-likeness (QED) is 0.917. The Labute approximate surface area is 110 Å². The summed E-state index contributed by atoms with van der Waals surface area (Å²) in [7, 11) is 0. The van der Waals surface area contributed by atoms with E-state index in [1.807, 2.05) is 6.92 Å². The van der Waals surface area contributed by atoms with Gasteiger partial charge in [-0.05, 0) is 42.3 Å². The number of aromatic hydroxyl groups is 1. The van der Waals surface area contributed by atoms with Crippen molar-refractivity contribution in [1.29, 1.82) is 5.26 Å². The molecule has 0 atom stereocenters. The van der Waals surface area contributed by atoms with Gasteiger partial charge in [-0.25, -0.2) is 4.39 Å². The summed E-state index contributed by atoms with van der Waals surface area (Å²) in [5.74, 6) is 0.117. The van der Waals surface area contributed by atoms with Crippen molar-refractivity contribution in [1.82, 2.24) is 0 Å². The predicted molar refractivity (Wildman–Crippen MR) is 68.3 cm³/mol. The molecule has 0 aliphatic carbocycles. The minimum Gasteiger partial charge on any atom is -0.508 e. The number of ether oxygens (including phenoxy) is 1. The lowest BCUT2D eigenvalue weighted by molar-refractivity contribution is 0.304. The summed E-state index contributed by atoms with van der Waals surface area (Å²) in [6.07, 6.45) is 0. The molecule has 4 heteroatoms. The molecule has 2 aromatic rings. The maximum Gasteiger partial charge on any atom is 0.140 e. The van der Waals surface area contributed by atoms with Gasteiger partial charge in [0.1, 0.15) is 30.0 Å². The summed E-state index contributed by atoms with van der Waals surface area (Å²) in [5.41, 5.74) is 1.57. The topological polar surface area (TPSA) is 53.2 Å². The number of hydrogen-bond donors (Lipinski definition) is 1. The van der Waals surface area contributed by atoms with E-state index >= 15 is 0 Å². The van der Waals surface area contributed by atoms with Gasteiger partial charge in [-0.3, -0.25) is 0 Å². The van der Waals surface area contributed by atoms with Crippen LogP contribution in [0.3, 0.4) is 0 Å². The highest BCUT2D eigenvalue weighted by molar-refractivity contribution is 5.38. The van der Waals surface area contributed by atoms with Gasteiger partial charge in [-0.2, -0.15) is 5.26 Å². The van der Waals surface area contributed by atoms with E-state index in [2.05, 4.69) is 0 Å². The molecule has 3 nitrogen and oxygen atoms in total. The first-order chi connectivity index (χ1) is 9.08. The normalized spacial score (nSPS) is 9.95. The van der Waals surface area contributed by atoms with Crippen LogP contribution in [0.25, 0.3) is 0 Å². The number of phenolic OH excluding ortho intramolecular Hbond substituents is 1. The molecular formula is C15H12FNO2. The first kappa shape index (κ1) is 12.9. The Kier molecular flexibility index (Phi) is 3.67. The minimum atomic E-state index is -0.542. The second kappa shape index (κ2) is 5.40. The summed E-state index contributed by atoms with van der Waals surface area (Å²) in [6, 6.07) is 10.9. The molecule has 0 fully saturated rings. The number of nitriles is 1. The number of rotatable bonds is 3.